The summed E-state index contributed by atoms with van der Waals surface area (Å²) in [7, 11) is 0. The van der Waals surface area contributed by atoms with E-state index in [1.807, 2.05) is 0 Å². The van der Waals surface area contributed by atoms with Crippen LogP contribution in [-0.4, -0.2) is 6.10 Å². The first-order valence-corrected chi connectivity index (χ1v) is 4.16. The highest BCUT2D eigenvalue weighted by Gasteiger charge is 2.40. The van der Waals surface area contributed by atoms with Crippen molar-refractivity contribution in [3.8, 4) is 0 Å². The number of rotatable bonds is 2. The molecule has 0 N–H and O–H groups in total. The molecule has 2 saturated carbocycles. The Kier molecular flexibility index (Phi) is 1.44. The fourth-order valence-electron chi connectivity index (χ4n) is 2.48. The SMILES string of the molecule is C=COC1CC2CCC1C2. The van der Waals surface area contributed by atoms with Crippen molar-refractivity contribution in [1.29, 1.82) is 0 Å². The number of ether oxygens (including phenoxy) is 1. The number of hydrogen-bond acceptors (Lipinski definition) is 1. The minimum atomic E-state index is 0.524. The summed E-state index contributed by atoms with van der Waals surface area (Å²) in [5, 5.41) is 0. The van der Waals surface area contributed by atoms with Gasteiger partial charge < -0.3 is 4.74 Å². The molecule has 0 spiro atoms. The van der Waals surface area contributed by atoms with Gasteiger partial charge in [0.2, 0.25) is 0 Å². The molecule has 1 heteroatoms. The van der Waals surface area contributed by atoms with Crippen LogP contribution in [0, 0.1) is 11.8 Å². The fraction of sp³-hybridized carbons (Fsp3) is 0.778. The topological polar surface area (TPSA) is 9.23 Å². The summed E-state index contributed by atoms with van der Waals surface area (Å²) < 4.78 is 5.40. The zero-order valence-corrected chi connectivity index (χ0v) is 6.25. The van der Waals surface area contributed by atoms with E-state index < -0.39 is 0 Å². The summed E-state index contributed by atoms with van der Waals surface area (Å²) in [4.78, 5) is 0. The Balaban J connectivity index is 1.95. The largest absolute Gasteiger partial charge is 0.498 e. The van der Waals surface area contributed by atoms with Crippen molar-refractivity contribution in [2.45, 2.75) is 31.8 Å². The monoisotopic (exact) mass is 138 g/mol. The molecule has 0 heterocycles. The Morgan fingerprint density at radius 3 is 2.70 bits per heavy atom. The molecule has 0 saturated heterocycles. The van der Waals surface area contributed by atoms with Gasteiger partial charge in [0.05, 0.1) is 6.26 Å². The molecule has 56 valence electrons. The Bertz CT molecular complexity index is 142. The summed E-state index contributed by atoms with van der Waals surface area (Å²) in [6.45, 7) is 3.59. The van der Waals surface area contributed by atoms with Crippen molar-refractivity contribution in [2.75, 3.05) is 0 Å². The van der Waals surface area contributed by atoms with Crippen LogP contribution in [0.2, 0.25) is 0 Å². The molecule has 2 aliphatic rings. The van der Waals surface area contributed by atoms with Crippen molar-refractivity contribution in [2.24, 2.45) is 11.8 Å². The molecule has 3 atom stereocenters. The zero-order chi connectivity index (χ0) is 6.97. The predicted molar refractivity (Wildman–Crippen MR) is 40.5 cm³/mol. The van der Waals surface area contributed by atoms with Crippen molar-refractivity contribution in [1.82, 2.24) is 0 Å². The standard InChI is InChI=1S/C9H14O/c1-2-10-9-6-7-3-4-8(9)5-7/h2,7-9H,1,3-6H2. The molecule has 3 unspecified atom stereocenters. The van der Waals surface area contributed by atoms with Crippen LogP contribution >= 0.6 is 0 Å². The van der Waals surface area contributed by atoms with Crippen LogP contribution in [0.4, 0.5) is 0 Å². The molecular formula is C9H14O. The molecule has 2 rings (SSSR count). The average Bonchev–Trinajstić information content (AvgIpc) is 2.48. The molecule has 2 bridgehead atoms. The van der Waals surface area contributed by atoms with E-state index in [1.165, 1.54) is 25.7 Å². The Hall–Kier alpha value is -0.460. The third-order valence-corrected chi connectivity index (χ3v) is 2.94. The highest BCUT2D eigenvalue weighted by molar-refractivity contribution is 4.91. The van der Waals surface area contributed by atoms with E-state index in [4.69, 9.17) is 4.74 Å². The summed E-state index contributed by atoms with van der Waals surface area (Å²) in [5.41, 5.74) is 0. The van der Waals surface area contributed by atoms with Crippen molar-refractivity contribution in [3.05, 3.63) is 12.8 Å². The molecule has 0 amide bonds. The molecular weight excluding hydrogens is 124 g/mol. The van der Waals surface area contributed by atoms with Gasteiger partial charge >= 0.3 is 0 Å². The zero-order valence-electron chi connectivity index (χ0n) is 6.25. The van der Waals surface area contributed by atoms with Crippen LogP contribution in [0.15, 0.2) is 12.8 Å². The van der Waals surface area contributed by atoms with Crippen molar-refractivity contribution < 1.29 is 4.74 Å². The smallest absolute Gasteiger partial charge is 0.101 e. The Morgan fingerprint density at radius 1 is 1.30 bits per heavy atom. The average molecular weight is 138 g/mol. The highest BCUT2D eigenvalue weighted by Crippen LogP contribution is 2.45. The molecule has 2 aliphatic carbocycles. The number of hydrogen-bond donors (Lipinski definition) is 0. The van der Waals surface area contributed by atoms with Crippen LogP contribution < -0.4 is 0 Å². The van der Waals surface area contributed by atoms with Gasteiger partial charge in [0, 0.05) is 0 Å². The first kappa shape index (κ1) is 6.26. The molecule has 1 nitrogen and oxygen atoms in total. The fourth-order valence-corrected chi connectivity index (χ4v) is 2.48. The lowest BCUT2D eigenvalue weighted by Crippen LogP contribution is -2.17. The van der Waals surface area contributed by atoms with Gasteiger partial charge in [-0.05, 0) is 37.5 Å². The molecule has 10 heavy (non-hydrogen) atoms. The van der Waals surface area contributed by atoms with Crippen LogP contribution in [0.1, 0.15) is 25.7 Å². The maximum Gasteiger partial charge on any atom is 0.101 e. The molecule has 0 aromatic carbocycles. The maximum absolute atomic E-state index is 5.40. The van der Waals surface area contributed by atoms with Gasteiger partial charge in [-0.1, -0.05) is 6.58 Å². The molecule has 2 fully saturated rings. The van der Waals surface area contributed by atoms with Crippen molar-refractivity contribution in [3.63, 3.8) is 0 Å². The quantitative estimate of drug-likeness (QED) is 0.532. The van der Waals surface area contributed by atoms with Crippen LogP contribution in [0.5, 0.6) is 0 Å². The van der Waals surface area contributed by atoms with E-state index in [2.05, 4.69) is 6.58 Å². The van der Waals surface area contributed by atoms with Gasteiger partial charge in [-0.15, -0.1) is 0 Å². The second-order valence-corrected chi connectivity index (χ2v) is 3.52. The molecule has 0 aromatic heterocycles. The van der Waals surface area contributed by atoms with E-state index in [0.29, 0.717) is 6.10 Å². The minimum Gasteiger partial charge on any atom is -0.498 e. The summed E-state index contributed by atoms with van der Waals surface area (Å²) >= 11 is 0. The van der Waals surface area contributed by atoms with Crippen LogP contribution in [0.3, 0.4) is 0 Å². The van der Waals surface area contributed by atoms with Crippen LogP contribution in [0.25, 0.3) is 0 Å². The first-order valence-electron chi connectivity index (χ1n) is 4.16. The molecule has 0 aromatic rings. The third-order valence-electron chi connectivity index (χ3n) is 2.94. The first-order chi connectivity index (χ1) is 4.90. The van der Waals surface area contributed by atoms with E-state index in [-0.39, 0.29) is 0 Å². The summed E-state index contributed by atoms with van der Waals surface area (Å²) in [6, 6.07) is 0. The van der Waals surface area contributed by atoms with E-state index in [0.717, 1.165) is 11.8 Å². The van der Waals surface area contributed by atoms with Gasteiger partial charge in [0.1, 0.15) is 6.10 Å². The molecule has 0 radical (unpaired) electrons. The summed E-state index contributed by atoms with van der Waals surface area (Å²) in [5.74, 6) is 1.85. The highest BCUT2D eigenvalue weighted by atomic mass is 16.5. The van der Waals surface area contributed by atoms with Gasteiger partial charge in [0.15, 0.2) is 0 Å². The second kappa shape index (κ2) is 2.30. The Labute approximate surface area is 62.1 Å². The predicted octanol–water partition coefficient (Wildman–Crippen LogP) is 2.34. The lowest BCUT2D eigenvalue weighted by Gasteiger charge is -2.20. The lowest BCUT2D eigenvalue weighted by molar-refractivity contribution is 0.0916. The number of fused-ring (bicyclic) bond motifs is 2. The summed E-state index contributed by atoms with van der Waals surface area (Å²) in [6.07, 6.45) is 7.67. The molecule has 0 aliphatic heterocycles. The lowest BCUT2D eigenvalue weighted by atomic mass is 9.98. The minimum absolute atomic E-state index is 0.524. The van der Waals surface area contributed by atoms with E-state index in [1.54, 1.807) is 6.26 Å². The third kappa shape index (κ3) is 0.845. The van der Waals surface area contributed by atoms with Crippen LogP contribution in [-0.2, 0) is 4.74 Å². The van der Waals surface area contributed by atoms with Gasteiger partial charge in [-0.3, -0.25) is 0 Å². The van der Waals surface area contributed by atoms with Gasteiger partial charge in [-0.25, -0.2) is 0 Å². The second-order valence-electron chi connectivity index (χ2n) is 3.52. The van der Waals surface area contributed by atoms with Crippen molar-refractivity contribution >= 4 is 0 Å². The maximum atomic E-state index is 5.40. The van der Waals surface area contributed by atoms with E-state index >= 15 is 0 Å². The Morgan fingerprint density at radius 2 is 2.20 bits per heavy atom. The van der Waals surface area contributed by atoms with Gasteiger partial charge in [0.25, 0.3) is 0 Å². The van der Waals surface area contributed by atoms with Gasteiger partial charge in [-0.2, -0.15) is 0 Å². The normalized spacial score (nSPS) is 43.8. The van der Waals surface area contributed by atoms with E-state index in [9.17, 15) is 0 Å².